The second kappa shape index (κ2) is 2.44. The van der Waals surface area contributed by atoms with Crippen LogP contribution in [-0.2, 0) is 11.2 Å². The van der Waals surface area contributed by atoms with Crippen molar-refractivity contribution in [1.82, 2.24) is 0 Å². The predicted molar refractivity (Wildman–Crippen MR) is 42.7 cm³/mol. The highest BCUT2D eigenvalue weighted by atomic mass is 16.4. The normalized spacial score (nSPS) is 14.5. The highest BCUT2D eigenvalue weighted by molar-refractivity contribution is 5.97. The van der Waals surface area contributed by atoms with Gasteiger partial charge in [-0.3, -0.25) is 4.79 Å². The molecule has 0 saturated carbocycles. The van der Waals surface area contributed by atoms with Gasteiger partial charge in [-0.2, -0.15) is 0 Å². The third-order valence-electron chi connectivity index (χ3n) is 1.73. The number of fused-ring (bicyclic) bond motifs is 1. The summed E-state index contributed by atoms with van der Waals surface area (Å²) < 4.78 is 4.84. The van der Waals surface area contributed by atoms with Crippen LogP contribution in [0.15, 0.2) is 27.4 Å². The van der Waals surface area contributed by atoms with Crippen molar-refractivity contribution in [1.29, 1.82) is 0 Å². The fourth-order valence-electron chi connectivity index (χ4n) is 1.15. The van der Waals surface area contributed by atoms with Crippen molar-refractivity contribution >= 4 is 11.9 Å². The molecule has 0 spiro atoms. The number of hydrogen-bond acceptors (Lipinski definition) is 3. The van der Waals surface area contributed by atoms with Crippen LogP contribution in [0, 0.1) is 0 Å². The minimum absolute atomic E-state index is 0.0307. The molecule has 0 saturated heterocycles. The van der Waals surface area contributed by atoms with Gasteiger partial charge in [0.15, 0.2) is 5.78 Å². The van der Waals surface area contributed by atoms with Gasteiger partial charge < -0.3 is 4.42 Å². The molecule has 2 rings (SSSR count). The maximum atomic E-state index is 10.9. The lowest BCUT2D eigenvalue weighted by molar-refractivity contribution is -0.114. The average Bonchev–Trinajstić information content (AvgIpc) is 2.03. The Morgan fingerprint density at radius 2 is 2.00 bits per heavy atom. The summed E-state index contributed by atoms with van der Waals surface area (Å²) in [4.78, 5) is 21.6. The molecule has 3 heteroatoms. The van der Waals surface area contributed by atoms with E-state index in [-0.39, 0.29) is 12.2 Å². The molecular weight excluding hydrogens is 156 g/mol. The monoisotopic (exact) mass is 162 g/mol. The summed E-state index contributed by atoms with van der Waals surface area (Å²) in [6, 6.07) is 3.00. The minimum Gasteiger partial charge on any atom is -0.427 e. The Morgan fingerprint density at radius 3 is 2.83 bits per heavy atom. The fraction of sp³-hybridized carbons (Fsp3) is 0.111. The summed E-state index contributed by atoms with van der Waals surface area (Å²) in [5.74, 6) is 0.437. The number of carbonyl (C=O) groups excluding carboxylic acids is 1. The Bertz CT molecular complexity index is 412. The van der Waals surface area contributed by atoms with Crippen molar-refractivity contribution in [3.63, 3.8) is 0 Å². The number of allylic oxidation sites excluding steroid dienone is 1. The standard InChI is InChI=1S/C9H6O3/c10-7-3-1-6-2-4-9(11)12-8(6)5-7/h1-4H,5H2. The Labute approximate surface area is 68.3 Å². The molecular formula is C9H6O3. The summed E-state index contributed by atoms with van der Waals surface area (Å²) >= 11 is 0. The van der Waals surface area contributed by atoms with Crippen molar-refractivity contribution in [2.45, 2.75) is 6.42 Å². The van der Waals surface area contributed by atoms with Gasteiger partial charge in [0, 0.05) is 11.6 Å². The van der Waals surface area contributed by atoms with Gasteiger partial charge in [0.05, 0.1) is 6.42 Å². The molecule has 0 aromatic carbocycles. The fourth-order valence-corrected chi connectivity index (χ4v) is 1.15. The van der Waals surface area contributed by atoms with E-state index in [1.165, 1.54) is 12.1 Å². The lowest BCUT2D eigenvalue weighted by Crippen LogP contribution is -2.09. The van der Waals surface area contributed by atoms with Gasteiger partial charge in [0.2, 0.25) is 0 Å². The molecule has 3 nitrogen and oxygen atoms in total. The van der Waals surface area contributed by atoms with Crippen LogP contribution in [-0.4, -0.2) is 5.78 Å². The van der Waals surface area contributed by atoms with Gasteiger partial charge in [0.25, 0.3) is 0 Å². The molecule has 1 aliphatic rings. The lowest BCUT2D eigenvalue weighted by Gasteiger charge is -2.05. The summed E-state index contributed by atoms with van der Waals surface area (Å²) in [6.45, 7) is 0. The third kappa shape index (κ3) is 1.09. The predicted octanol–water partition coefficient (Wildman–Crippen LogP) is 0.778. The number of carbonyl (C=O) groups is 1. The molecule has 0 fully saturated rings. The Kier molecular flexibility index (Phi) is 1.43. The highest BCUT2D eigenvalue weighted by Crippen LogP contribution is 2.14. The third-order valence-corrected chi connectivity index (χ3v) is 1.73. The maximum absolute atomic E-state index is 10.9. The highest BCUT2D eigenvalue weighted by Gasteiger charge is 2.12. The molecule has 1 aromatic heterocycles. The molecule has 1 heterocycles. The average molecular weight is 162 g/mol. The first-order chi connectivity index (χ1) is 5.75. The molecule has 0 atom stereocenters. The number of rotatable bonds is 0. The molecule has 0 radical (unpaired) electrons. The topological polar surface area (TPSA) is 47.3 Å². The first-order valence-electron chi connectivity index (χ1n) is 3.59. The van der Waals surface area contributed by atoms with Crippen LogP contribution in [0.4, 0.5) is 0 Å². The maximum Gasteiger partial charge on any atom is 0.335 e. The summed E-state index contributed by atoms with van der Waals surface area (Å²) in [6.07, 6.45) is 3.34. The van der Waals surface area contributed by atoms with Gasteiger partial charge in [0.1, 0.15) is 5.76 Å². The lowest BCUT2D eigenvalue weighted by atomic mass is 10.0. The molecule has 0 aliphatic heterocycles. The molecule has 1 aliphatic carbocycles. The molecule has 60 valence electrons. The zero-order valence-electron chi connectivity index (χ0n) is 6.24. The Hall–Kier alpha value is -1.64. The summed E-state index contributed by atoms with van der Waals surface area (Å²) in [5.41, 5.74) is 0.408. The van der Waals surface area contributed by atoms with Crippen LogP contribution < -0.4 is 5.63 Å². The van der Waals surface area contributed by atoms with E-state index in [0.29, 0.717) is 5.76 Å². The van der Waals surface area contributed by atoms with Crippen LogP contribution in [0.1, 0.15) is 11.3 Å². The second-order valence-corrected chi connectivity index (χ2v) is 2.61. The molecule has 12 heavy (non-hydrogen) atoms. The van der Waals surface area contributed by atoms with E-state index >= 15 is 0 Å². The molecule has 1 aromatic rings. The number of hydrogen-bond donors (Lipinski definition) is 0. The van der Waals surface area contributed by atoms with Gasteiger partial charge in [-0.25, -0.2) is 4.79 Å². The van der Waals surface area contributed by atoms with Crippen LogP contribution in [0.2, 0.25) is 0 Å². The molecule has 0 bridgehead atoms. The van der Waals surface area contributed by atoms with Gasteiger partial charge in [-0.1, -0.05) is 0 Å². The molecule has 0 unspecified atom stereocenters. The molecule has 0 N–H and O–H groups in total. The Morgan fingerprint density at radius 1 is 1.17 bits per heavy atom. The SMILES string of the molecule is O=C1C=Cc2ccc(=O)oc2C1. The van der Waals surface area contributed by atoms with E-state index in [1.54, 1.807) is 12.1 Å². The minimum atomic E-state index is -0.406. The van der Waals surface area contributed by atoms with Gasteiger partial charge >= 0.3 is 5.63 Å². The van der Waals surface area contributed by atoms with Gasteiger partial charge in [-0.15, -0.1) is 0 Å². The van der Waals surface area contributed by atoms with Crippen molar-refractivity contribution < 1.29 is 9.21 Å². The van der Waals surface area contributed by atoms with Crippen molar-refractivity contribution in [2.75, 3.05) is 0 Å². The first-order valence-corrected chi connectivity index (χ1v) is 3.59. The first kappa shape index (κ1) is 7.03. The van der Waals surface area contributed by atoms with E-state index in [1.807, 2.05) is 0 Å². The van der Waals surface area contributed by atoms with E-state index < -0.39 is 5.63 Å². The van der Waals surface area contributed by atoms with Crippen LogP contribution in [0.3, 0.4) is 0 Å². The van der Waals surface area contributed by atoms with Crippen molar-refractivity contribution in [3.8, 4) is 0 Å². The van der Waals surface area contributed by atoms with Crippen LogP contribution in [0.5, 0.6) is 0 Å². The summed E-state index contributed by atoms with van der Waals surface area (Å²) in [5, 5.41) is 0. The van der Waals surface area contributed by atoms with Crippen LogP contribution >= 0.6 is 0 Å². The smallest absolute Gasteiger partial charge is 0.335 e. The van der Waals surface area contributed by atoms with E-state index in [2.05, 4.69) is 0 Å². The van der Waals surface area contributed by atoms with Crippen molar-refractivity contribution in [2.24, 2.45) is 0 Å². The van der Waals surface area contributed by atoms with Crippen molar-refractivity contribution in [3.05, 3.63) is 40.0 Å². The second-order valence-electron chi connectivity index (χ2n) is 2.61. The number of ketones is 1. The van der Waals surface area contributed by atoms with E-state index in [4.69, 9.17) is 4.42 Å². The summed E-state index contributed by atoms with van der Waals surface area (Å²) in [7, 11) is 0. The molecule has 0 amide bonds. The quantitative estimate of drug-likeness (QED) is 0.566. The zero-order chi connectivity index (χ0) is 8.55. The van der Waals surface area contributed by atoms with E-state index in [9.17, 15) is 9.59 Å². The van der Waals surface area contributed by atoms with Gasteiger partial charge in [-0.05, 0) is 18.2 Å². The van der Waals surface area contributed by atoms with E-state index in [0.717, 1.165) is 5.56 Å². The largest absolute Gasteiger partial charge is 0.427 e. The van der Waals surface area contributed by atoms with Crippen LogP contribution in [0.25, 0.3) is 6.08 Å². The Balaban J connectivity index is 2.61. The zero-order valence-corrected chi connectivity index (χ0v) is 6.24.